The quantitative estimate of drug-likeness (QED) is 0.763. The van der Waals surface area contributed by atoms with Crippen molar-refractivity contribution < 1.29 is 14.3 Å². The predicted octanol–water partition coefficient (Wildman–Crippen LogP) is 3.26. The molecule has 0 radical (unpaired) electrons. The van der Waals surface area contributed by atoms with Gasteiger partial charge in [0.1, 0.15) is 5.75 Å². The molecule has 0 heterocycles. The fourth-order valence-electron chi connectivity index (χ4n) is 2.37. The highest BCUT2D eigenvalue weighted by Gasteiger charge is 2.12. The highest BCUT2D eigenvalue weighted by atomic mass is 16.5. The van der Waals surface area contributed by atoms with Gasteiger partial charge in [0.15, 0.2) is 6.61 Å². The molecule has 2 aromatic rings. The number of carbonyl (C=O) groups excluding carboxylic acids is 2. The highest BCUT2D eigenvalue weighted by molar-refractivity contribution is 5.89. The van der Waals surface area contributed by atoms with Crippen LogP contribution >= 0.6 is 0 Å². The summed E-state index contributed by atoms with van der Waals surface area (Å²) < 4.78 is 5.39. The van der Waals surface area contributed by atoms with Gasteiger partial charge in [0.2, 0.25) is 0 Å². The summed E-state index contributed by atoms with van der Waals surface area (Å²) in [4.78, 5) is 25.6. The summed E-state index contributed by atoms with van der Waals surface area (Å²) in [6.07, 6.45) is 0. The van der Waals surface area contributed by atoms with E-state index < -0.39 is 0 Å². The molecule has 0 spiro atoms. The Hall–Kier alpha value is -3.02. The van der Waals surface area contributed by atoms with Crippen LogP contribution in [0.25, 0.3) is 0 Å². The molecule has 0 aliphatic heterocycles. The third-order valence-electron chi connectivity index (χ3n) is 3.73. The van der Waals surface area contributed by atoms with Crippen molar-refractivity contribution in [3.8, 4) is 5.75 Å². The lowest BCUT2D eigenvalue weighted by Crippen LogP contribution is -2.34. The molecule has 6 heteroatoms. The summed E-state index contributed by atoms with van der Waals surface area (Å²) in [6.45, 7) is 5.50. The molecule has 2 rings (SSSR count). The molecular formula is C20H25N3O3. The molecule has 0 atom stereocenters. The van der Waals surface area contributed by atoms with Gasteiger partial charge in [-0.05, 0) is 43.7 Å². The van der Waals surface area contributed by atoms with Crippen molar-refractivity contribution in [3.63, 3.8) is 0 Å². The summed E-state index contributed by atoms with van der Waals surface area (Å²) >= 11 is 0. The first-order chi connectivity index (χ1) is 12.6. The molecule has 0 fully saturated rings. The average Bonchev–Trinajstić information content (AvgIpc) is 2.66. The lowest BCUT2D eigenvalue weighted by atomic mass is 10.2. The zero-order chi connectivity index (χ0) is 18.8. The Morgan fingerprint density at radius 2 is 1.69 bits per heavy atom. The molecule has 6 nitrogen and oxygen atoms in total. The second-order valence-corrected chi connectivity index (χ2v) is 5.70. The number of benzene rings is 2. The number of carbonyl (C=O) groups is 2. The number of nitrogens with zero attached hydrogens (tertiary/aromatic N) is 1. The van der Waals surface area contributed by atoms with E-state index in [1.54, 1.807) is 29.2 Å². The van der Waals surface area contributed by atoms with Crippen LogP contribution < -0.4 is 15.4 Å². The first kappa shape index (κ1) is 19.3. The number of ether oxygens (including phenoxy) is 1. The van der Waals surface area contributed by atoms with E-state index in [-0.39, 0.29) is 18.5 Å². The van der Waals surface area contributed by atoms with Crippen molar-refractivity contribution in [2.45, 2.75) is 20.4 Å². The highest BCUT2D eigenvalue weighted by Crippen LogP contribution is 2.16. The van der Waals surface area contributed by atoms with Crippen molar-refractivity contribution in [2.75, 3.05) is 25.0 Å². The monoisotopic (exact) mass is 355 g/mol. The minimum atomic E-state index is -0.163. The second-order valence-electron chi connectivity index (χ2n) is 5.70. The van der Waals surface area contributed by atoms with Gasteiger partial charge in [-0.2, -0.15) is 0 Å². The fraction of sp³-hybridized carbons (Fsp3) is 0.300. The number of hydrogen-bond donors (Lipinski definition) is 2. The number of likely N-dealkylation sites (N-methyl/N-ethyl adjacent to an activating group) is 1. The number of urea groups is 1. The molecule has 0 unspecified atom stereocenters. The molecular weight excluding hydrogens is 330 g/mol. The lowest BCUT2D eigenvalue weighted by Gasteiger charge is -2.21. The van der Waals surface area contributed by atoms with Crippen LogP contribution in [0.1, 0.15) is 19.4 Å². The Labute approximate surface area is 154 Å². The standard InChI is InChI=1S/C20H25N3O3/c1-3-21-19(24)15-26-18-12-10-17(11-13-18)22-20(25)23(4-2)14-16-8-6-5-7-9-16/h5-13H,3-4,14-15H2,1-2H3,(H,21,24)(H,22,25). The van der Waals surface area contributed by atoms with Crippen LogP contribution in [0, 0.1) is 0 Å². The van der Waals surface area contributed by atoms with Crippen LogP contribution in [0.5, 0.6) is 5.75 Å². The first-order valence-corrected chi connectivity index (χ1v) is 8.71. The van der Waals surface area contributed by atoms with E-state index in [0.29, 0.717) is 31.1 Å². The number of rotatable bonds is 8. The molecule has 0 saturated heterocycles. The molecule has 0 saturated carbocycles. The Balaban J connectivity index is 1.88. The van der Waals surface area contributed by atoms with Gasteiger partial charge in [0.05, 0.1) is 0 Å². The maximum absolute atomic E-state index is 12.5. The molecule has 2 aromatic carbocycles. The van der Waals surface area contributed by atoms with E-state index in [9.17, 15) is 9.59 Å². The van der Waals surface area contributed by atoms with E-state index in [1.807, 2.05) is 44.2 Å². The predicted molar refractivity (Wildman–Crippen MR) is 102 cm³/mol. The van der Waals surface area contributed by atoms with Crippen LogP contribution in [0.2, 0.25) is 0 Å². The van der Waals surface area contributed by atoms with E-state index in [0.717, 1.165) is 5.56 Å². The van der Waals surface area contributed by atoms with Gasteiger partial charge in [0, 0.05) is 25.3 Å². The third-order valence-corrected chi connectivity index (χ3v) is 3.73. The van der Waals surface area contributed by atoms with Gasteiger partial charge in [0.25, 0.3) is 5.91 Å². The SMILES string of the molecule is CCNC(=O)COc1ccc(NC(=O)N(CC)Cc2ccccc2)cc1. The van der Waals surface area contributed by atoms with Crippen LogP contribution in [0.15, 0.2) is 54.6 Å². The Morgan fingerprint density at radius 3 is 2.31 bits per heavy atom. The first-order valence-electron chi connectivity index (χ1n) is 8.71. The maximum atomic E-state index is 12.5. The van der Waals surface area contributed by atoms with Gasteiger partial charge in [-0.25, -0.2) is 4.79 Å². The van der Waals surface area contributed by atoms with Gasteiger partial charge in [-0.1, -0.05) is 30.3 Å². The summed E-state index contributed by atoms with van der Waals surface area (Å²) in [7, 11) is 0. The molecule has 26 heavy (non-hydrogen) atoms. The van der Waals surface area contributed by atoms with Gasteiger partial charge >= 0.3 is 6.03 Å². The van der Waals surface area contributed by atoms with Gasteiger partial charge < -0.3 is 20.3 Å². The molecule has 0 aromatic heterocycles. The fourth-order valence-corrected chi connectivity index (χ4v) is 2.37. The van der Waals surface area contributed by atoms with E-state index >= 15 is 0 Å². The van der Waals surface area contributed by atoms with Crippen LogP contribution in [-0.4, -0.2) is 36.5 Å². The van der Waals surface area contributed by atoms with Crippen molar-refractivity contribution in [1.82, 2.24) is 10.2 Å². The van der Waals surface area contributed by atoms with Crippen molar-refractivity contribution in [3.05, 3.63) is 60.2 Å². The maximum Gasteiger partial charge on any atom is 0.322 e. The zero-order valence-electron chi connectivity index (χ0n) is 15.2. The summed E-state index contributed by atoms with van der Waals surface area (Å²) in [6, 6.07) is 16.7. The van der Waals surface area contributed by atoms with Crippen molar-refractivity contribution in [1.29, 1.82) is 0 Å². The Kier molecular flexibility index (Phi) is 7.49. The van der Waals surface area contributed by atoms with Crippen molar-refractivity contribution >= 4 is 17.6 Å². The normalized spacial score (nSPS) is 10.1. The summed E-state index contributed by atoms with van der Waals surface area (Å²) in [5, 5.41) is 5.54. The zero-order valence-corrected chi connectivity index (χ0v) is 15.2. The van der Waals surface area contributed by atoms with E-state index in [4.69, 9.17) is 4.74 Å². The van der Waals surface area contributed by atoms with Gasteiger partial charge in [-0.3, -0.25) is 4.79 Å². The third kappa shape index (κ3) is 6.12. The number of anilines is 1. The van der Waals surface area contributed by atoms with Crippen LogP contribution in [0.3, 0.4) is 0 Å². The lowest BCUT2D eigenvalue weighted by molar-refractivity contribution is -0.122. The molecule has 0 bridgehead atoms. The van der Waals surface area contributed by atoms with Gasteiger partial charge in [-0.15, -0.1) is 0 Å². The molecule has 0 aliphatic carbocycles. The summed E-state index contributed by atoms with van der Waals surface area (Å²) in [5.41, 5.74) is 1.76. The molecule has 138 valence electrons. The molecule has 2 N–H and O–H groups in total. The Morgan fingerprint density at radius 1 is 1.00 bits per heavy atom. The number of amides is 3. The topological polar surface area (TPSA) is 70.7 Å². The largest absolute Gasteiger partial charge is 0.484 e. The molecule has 0 aliphatic rings. The minimum absolute atomic E-state index is 0.0275. The van der Waals surface area contributed by atoms with Crippen molar-refractivity contribution in [2.24, 2.45) is 0 Å². The number of nitrogens with one attached hydrogen (secondary N) is 2. The minimum Gasteiger partial charge on any atom is -0.484 e. The molecule has 3 amide bonds. The van der Waals surface area contributed by atoms with E-state index in [2.05, 4.69) is 10.6 Å². The summed E-state index contributed by atoms with van der Waals surface area (Å²) in [5.74, 6) is 0.412. The van der Waals surface area contributed by atoms with Crippen LogP contribution in [-0.2, 0) is 11.3 Å². The second kappa shape index (κ2) is 10.1. The average molecular weight is 355 g/mol. The van der Waals surface area contributed by atoms with E-state index in [1.165, 1.54) is 0 Å². The Bertz CT molecular complexity index is 702. The smallest absolute Gasteiger partial charge is 0.322 e. The number of hydrogen-bond acceptors (Lipinski definition) is 3. The van der Waals surface area contributed by atoms with Crippen LogP contribution in [0.4, 0.5) is 10.5 Å².